The van der Waals surface area contributed by atoms with Crippen molar-refractivity contribution in [3.8, 4) is 5.75 Å². The van der Waals surface area contributed by atoms with Crippen LogP contribution in [0.2, 0.25) is 0 Å². The predicted octanol–water partition coefficient (Wildman–Crippen LogP) is 2.45. The van der Waals surface area contributed by atoms with E-state index in [-0.39, 0.29) is 4.90 Å². The minimum Gasteiger partial charge on any atom is -0.495 e. The van der Waals surface area contributed by atoms with Crippen molar-refractivity contribution >= 4 is 15.7 Å². The fraction of sp³-hybridized carbons (Fsp3) is 0.294. The number of methoxy groups -OCH3 is 1. The van der Waals surface area contributed by atoms with E-state index in [4.69, 9.17) is 4.74 Å². The smallest absolute Gasteiger partial charge is 0.268 e. The van der Waals surface area contributed by atoms with Gasteiger partial charge in [-0.1, -0.05) is 30.3 Å². The second kappa shape index (κ2) is 7.48. The van der Waals surface area contributed by atoms with Crippen LogP contribution in [0.3, 0.4) is 0 Å². The summed E-state index contributed by atoms with van der Waals surface area (Å²) in [5.74, 6) is 0.346. The largest absolute Gasteiger partial charge is 0.495 e. The SMILES string of the molecule is COc1ccccc1S(=O)(=O)N(CCN(C)C)c1ccccc1. The Bertz CT molecular complexity index is 731. The molecule has 0 saturated carbocycles. The fourth-order valence-corrected chi connectivity index (χ4v) is 3.84. The molecule has 0 atom stereocenters. The third-order valence-corrected chi connectivity index (χ3v) is 5.30. The van der Waals surface area contributed by atoms with Crippen LogP contribution in [0.15, 0.2) is 59.5 Å². The summed E-state index contributed by atoms with van der Waals surface area (Å²) in [6.45, 7) is 0.973. The topological polar surface area (TPSA) is 49.9 Å². The molecule has 0 radical (unpaired) electrons. The van der Waals surface area contributed by atoms with Crippen molar-refractivity contribution in [2.45, 2.75) is 4.90 Å². The Labute approximate surface area is 138 Å². The first-order chi connectivity index (χ1) is 11.0. The van der Waals surface area contributed by atoms with E-state index in [1.807, 2.05) is 37.2 Å². The van der Waals surface area contributed by atoms with Crippen LogP contribution in [0.1, 0.15) is 0 Å². The molecule has 2 rings (SSSR count). The number of likely N-dealkylation sites (N-methyl/N-ethyl adjacent to an activating group) is 1. The van der Waals surface area contributed by atoms with Gasteiger partial charge in [0.05, 0.1) is 12.8 Å². The van der Waals surface area contributed by atoms with E-state index in [0.717, 1.165) is 0 Å². The fourth-order valence-electron chi connectivity index (χ4n) is 2.22. The van der Waals surface area contributed by atoms with Gasteiger partial charge in [-0.15, -0.1) is 0 Å². The van der Waals surface area contributed by atoms with Gasteiger partial charge in [-0.05, 0) is 38.4 Å². The number of sulfonamides is 1. The van der Waals surface area contributed by atoms with Gasteiger partial charge in [-0.3, -0.25) is 4.31 Å². The Balaban J connectivity index is 2.48. The second-order valence-corrected chi connectivity index (χ2v) is 7.20. The molecule has 0 heterocycles. The molecule has 0 amide bonds. The lowest BCUT2D eigenvalue weighted by atomic mass is 10.3. The van der Waals surface area contributed by atoms with Gasteiger partial charge in [0, 0.05) is 13.1 Å². The lowest BCUT2D eigenvalue weighted by molar-refractivity contribution is 0.402. The molecule has 0 aliphatic rings. The van der Waals surface area contributed by atoms with Crippen LogP contribution in [0.4, 0.5) is 5.69 Å². The molecule has 2 aromatic rings. The quantitative estimate of drug-likeness (QED) is 0.780. The normalized spacial score (nSPS) is 11.5. The number of ether oxygens (including phenoxy) is 1. The molecule has 0 spiro atoms. The molecular formula is C17H22N2O3S. The van der Waals surface area contributed by atoms with Crippen LogP contribution in [0.25, 0.3) is 0 Å². The third-order valence-electron chi connectivity index (χ3n) is 3.43. The van der Waals surface area contributed by atoms with Crippen LogP contribution in [-0.4, -0.2) is 47.6 Å². The van der Waals surface area contributed by atoms with E-state index >= 15 is 0 Å². The summed E-state index contributed by atoms with van der Waals surface area (Å²) in [6.07, 6.45) is 0. The van der Waals surface area contributed by atoms with Gasteiger partial charge in [-0.25, -0.2) is 8.42 Å². The van der Waals surface area contributed by atoms with Gasteiger partial charge in [0.25, 0.3) is 10.0 Å². The molecule has 0 fully saturated rings. The predicted molar refractivity (Wildman–Crippen MR) is 92.5 cm³/mol. The van der Waals surface area contributed by atoms with Crippen molar-refractivity contribution in [2.24, 2.45) is 0 Å². The molecular weight excluding hydrogens is 312 g/mol. The Morgan fingerprint density at radius 1 is 0.913 bits per heavy atom. The number of rotatable bonds is 7. The first-order valence-corrected chi connectivity index (χ1v) is 8.76. The molecule has 0 bridgehead atoms. The summed E-state index contributed by atoms with van der Waals surface area (Å²) >= 11 is 0. The maximum Gasteiger partial charge on any atom is 0.268 e. The molecule has 0 unspecified atom stereocenters. The van der Waals surface area contributed by atoms with Crippen molar-refractivity contribution in [1.29, 1.82) is 0 Å². The molecule has 23 heavy (non-hydrogen) atoms. The van der Waals surface area contributed by atoms with Crippen molar-refractivity contribution < 1.29 is 13.2 Å². The zero-order chi connectivity index (χ0) is 16.9. The summed E-state index contributed by atoms with van der Waals surface area (Å²) in [4.78, 5) is 2.12. The van der Waals surface area contributed by atoms with Crippen molar-refractivity contribution in [2.75, 3.05) is 38.6 Å². The lowest BCUT2D eigenvalue weighted by Gasteiger charge is -2.26. The maximum atomic E-state index is 13.2. The number of nitrogens with zero attached hydrogens (tertiary/aromatic N) is 2. The first-order valence-electron chi connectivity index (χ1n) is 7.32. The highest BCUT2D eigenvalue weighted by atomic mass is 32.2. The number of para-hydroxylation sites is 2. The number of benzene rings is 2. The standard InChI is InChI=1S/C17H22N2O3S/c1-18(2)13-14-19(15-9-5-4-6-10-15)23(20,21)17-12-8-7-11-16(17)22-3/h4-12H,13-14H2,1-3H3. The lowest BCUT2D eigenvalue weighted by Crippen LogP contribution is -2.36. The van der Waals surface area contributed by atoms with Crippen LogP contribution < -0.4 is 9.04 Å². The number of hydrogen-bond acceptors (Lipinski definition) is 4. The van der Waals surface area contributed by atoms with Gasteiger partial charge < -0.3 is 9.64 Å². The summed E-state index contributed by atoms with van der Waals surface area (Å²) < 4.78 is 33.0. The van der Waals surface area contributed by atoms with Crippen LogP contribution >= 0.6 is 0 Å². The summed E-state index contributed by atoms with van der Waals surface area (Å²) in [5, 5.41) is 0. The molecule has 124 valence electrons. The Kier molecular flexibility index (Phi) is 5.63. The minimum absolute atomic E-state index is 0.171. The Morgan fingerprint density at radius 2 is 1.52 bits per heavy atom. The van der Waals surface area contributed by atoms with Gasteiger partial charge in [0.2, 0.25) is 0 Å². The highest BCUT2D eigenvalue weighted by Gasteiger charge is 2.27. The van der Waals surface area contributed by atoms with E-state index in [1.165, 1.54) is 11.4 Å². The van der Waals surface area contributed by atoms with Crippen molar-refractivity contribution in [1.82, 2.24) is 4.90 Å². The molecule has 0 aliphatic heterocycles. The Hall–Kier alpha value is -2.05. The minimum atomic E-state index is -3.71. The summed E-state index contributed by atoms with van der Waals surface area (Å²) in [7, 11) is 1.59. The maximum absolute atomic E-state index is 13.2. The van der Waals surface area contributed by atoms with Crippen molar-refractivity contribution in [3.05, 3.63) is 54.6 Å². The van der Waals surface area contributed by atoms with Gasteiger partial charge in [0.1, 0.15) is 10.6 Å². The van der Waals surface area contributed by atoms with Crippen LogP contribution in [0, 0.1) is 0 Å². The molecule has 0 N–H and O–H groups in total. The monoisotopic (exact) mass is 334 g/mol. The zero-order valence-electron chi connectivity index (χ0n) is 13.6. The second-order valence-electron chi connectivity index (χ2n) is 5.37. The molecule has 0 saturated heterocycles. The highest BCUT2D eigenvalue weighted by molar-refractivity contribution is 7.93. The van der Waals surface area contributed by atoms with Crippen LogP contribution in [0.5, 0.6) is 5.75 Å². The van der Waals surface area contributed by atoms with Gasteiger partial charge in [0.15, 0.2) is 0 Å². The molecule has 2 aromatic carbocycles. The molecule has 0 aromatic heterocycles. The Morgan fingerprint density at radius 3 is 2.13 bits per heavy atom. The van der Waals surface area contributed by atoms with E-state index in [0.29, 0.717) is 24.5 Å². The average Bonchev–Trinajstić information content (AvgIpc) is 2.55. The number of anilines is 1. The zero-order valence-corrected chi connectivity index (χ0v) is 14.5. The molecule has 0 aliphatic carbocycles. The van der Waals surface area contributed by atoms with Gasteiger partial charge >= 0.3 is 0 Å². The highest BCUT2D eigenvalue weighted by Crippen LogP contribution is 2.29. The molecule has 5 nitrogen and oxygen atoms in total. The summed E-state index contributed by atoms with van der Waals surface area (Å²) in [6, 6.07) is 15.8. The summed E-state index contributed by atoms with van der Waals surface area (Å²) in [5.41, 5.74) is 0.639. The van der Waals surface area contributed by atoms with E-state index in [2.05, 4.69) is 0 Å². The van der Waals surface area contributed by atoms with E-state index in [1.54, 1.807) is 36.4 Å². The number of hydrogen-bond donors (Lipinski definition) is 0. The van der Waals surface area contributed by atoms with E-state index < -0.39 is 10.0 Å². The first kappa shape index (κ1) is 17.3. The van der Waals surface area contributed by atoms with E-state index in [9.17, 15) is 8.42 Å². The van der Waals surface area contributed by atoms with Crippen molar-refractivity contribution in [3.63, 3.8) is 0 Å². The third kappa shape index (κ3) is 4.03. The average molecular weight is 334 g/mol. The molecule has 6 heteroatoms. The van der Waals surface area contributed by atoms with Gasteiger partial charge in [-0.2, -0.15) is 0 Å². The van der Waals surface area contributed by atoms with Crippen LogP contribution in [-0.2, 0) is 10.0 Å².